The summed E-state index contributed by atoms with van der Waals surface area (Å²) in [7, 11) is 0. The summed E-state index contributed by atoms with van der Waals surface area (Å²) in [5.41, 5.74) is 0.622. The standard InChI is InChI=1S/C17H17F2NO2S/c1-2-22-16-6-4-3-5-15(16)20-17(21)9-10-23-12-7-8-13(18)14(19)11-12/h3-8,11H,2,9-10H2,1H3,(H,20,21). The third-order valence-corrected chi connectivity index (χ3v) is 3.95. The first-order valence-corrected chi connectivity index (χ1v) is 8.18. The predicted octanol–water partition coefficient (Wildman–Crippen LogP) is 4.48. The van der Waals surface area contributed by atoms with Crippen LogP contribution in [0.2, 0.25) is 0 Å². The van der Waals surface area contributed by atoms with Gasteiger partial charge in [0.1, 0.15) is 5.75 Å². The SMILES string of the molecule is CCOc1ccccc1NC(=O)CCSc1ccc(F)c(F)c1. The lowest BCUT2D eigenvalue weighted by Crippen LogP contribution is -2.13. The molecule has 3 nitrogen and oxygen atoms in total. The van der Waals surface area contributed by atoms with Gasteiger partial charge < -0.3 is 10.1 Å². The van der Waals surface area contributed by atoms with Crippen molar-refractivity contribution in [3.63, 3.8) is 0 Å². The zero-order valence-corrected chi connectivity index (χ0v) is 13.5. The van der Waals surface area contributed by atoms with Crippen molar-refractivity contribution in [3.05, 3.63) is 54.1 Å². The third-order valence-electron chi connectivity index (χ3n) is 2.95. The molecule has 0 heterocycles. The Balaban J connectivity index is 1.84. The van der Waals surface area contributed by atoms with Crippen molar-refractivity contribution in [1.29, 1.82) is 0 Å². The maximum absolute atomic E-state index is 13.1. The molecule has 2 aromatic rings. The molecule has 0 saturated carbocycles. The average molecular weight is 337 g/mol. The minimum absolute atomic E-state index is 0.160. The summed E-state index contributed by atoms with van der Waals surface area (Å²) < 4.78 is 31.4. The fourth-order valence-corrected chi connectivity index (χ4v) is 2.77. The van der Waals surface area contributed by atoms with Crippen LogP contribution in [0.25, 0.3) is 0 Å². The molecule has 0 saturated heterocycles. The van der Waals surface area contributed by atoms with Gasteiger partial charge in [-0.3, -0.25) is 4.79 Å². The second kappa shape index (κ2) is 8.53. The fraction of sp³-hybridized carbons (Fsp3) is 0.235. The van der Waals surface area contributed by atoms with E-state index >= 15 is 0 Å². The van der Waals surface area contributed by atoms with E-state index in [9.17, 15) is 13.6 Å². The van der Waals surface area contributed by atoms with Crippen molar-refractivity contribution in [1.82, 2.24) is 0 Å². The molecule has 0 spiro atoms. The Hall–Kier alpha value is -2.08. The zero-order chi connectivity index (χ0) is 16.7. The Morgan fingerprint density at radius 2 is 1.96 bits per heavy atom. The van der Waals surface area contributed by atoms with Crippen LogP contribution in [0.5, 0.6) is 5.75 Å². The molecule has 0 aromatic heterocycles. The van der Waals surface area contributed by atoms with E-state index in [1.165, 1.54) is 17.8 Å². The smallest absolute Gasteiger partial charge is 0.225 e. The molecule has 1 N–H and O–H groups in total. The van der Waals surface area contributed by atoms with Crippen LogP contribution in [0.15, 0.2) is 47.4 Å². The number of halogens is 2. The first-order chi connectivity index (χ1) is 11.1. The highest BCUT2D eigenvalue weighted by molar-refractivity contribution is 7.99. The number of amides is 1. The second-order valence-electron chi connectivity index (χ2n) is 4.65. The molecule has 0 atom stereocenters. The Morgan fingerprint density at radius 1 is 1.17 bits per heavy atom. The lowest BCUT2D eigenvalue weighted by molar-refractivity contribution is -0.115. The van der Waals surface area contributed by atoms with Crippen molar-refractivity contribution in [2.45, 2.75) is 18.2 Å². The Morgan fingerprint density at radius 3 is 2.70 bits per heavy atom. The van der Waals surface area contributed by atoms with Gasteiger partial charge in [0.15, 0.2) is 11.6 Å². The number of hydrogen-bond donors (Lipinski definition) is 1. The number of benzene rings is 2. The predicted molar refractivity (Wildman–Crippen MR) is 87.9 cm³/mol. The van der Waals surface area contributed by atoms with E-state index in [1.807, 2.05) is 19.1 Å². The lowest BCUT2D eigenvalue weighted by atomic mass is 10.3. The van der Waals surface area contributed by atoms with Crippen LogP contribution < -0.4 is 10.1 Å². The average Bonchev–Trinajstić information content (AvgIpc) is 2.53. The van der Waals surface area contributed by atoms with Crippen LogP contribution in [0.4, 0.5) is 14.5 Å². The number of anilines is 1. The number of carbonyl (C=O) groups is 1. The minimum Gasteiger partial charge on any atom is -0.492 e. The highest BCUT2D eigenvalue weighted by Gasteiger charge is 2.08. The Kier molecular flexibility index (Phi) is 6.40. The van der Waals surface area contributed by atoms with Gasteiger partial charge in [0, 0.05) is 17.1 Å². The number of carbonyl (C=O) groups excluding carboxylic acids is 1. The normalized spacial score (nSPS) is 10.4. The molecule has 122 valence electrons. The topological polar surface area (TPSA) is 38.3 Å². The monoisotopic (exact) mass is 337 g/mol. The molecule has 2 rings (SSSR count). The molecule has 0 aliphatic carbocycles. The van der Waals surface area contributed by atoms with Gasteiger partial charge in [0.25, 0.3) is 0 Å². The lowest BCUT2D eigenvalue weighted by Gasteiger charge is -2.11. The van der Waals surface area contributed by atoms with E-state index in [1.54, 1.807) is 12.1 Å². The molecule has 0 unspecified atom stereocenters. The summed E-state index contributed by atoms with van der Waals surface area (Å²) in [6.45, 7) is 2.38. The van der Waals surface area contributed by atoms with Gasteiger partial charge in [-0.1, -0.05) is 12.1 Å². The van der Waals surface area contributed by atoms with Crippen LogP contribution in [0.3, 0.4) is 0 Å². The largest absolute Gasteiger partial charge is 0.492 e. The molecule has 23 heavy (non-hydrogen) atoms. The van der Waals surface area contributed by atoms with Crippen LogP contribution >= 0.6 is 11.8 Å². The Bertz CT molecular complexity index is 679. The van der Waals surface area contributed by atoms with Crippen LogP contribution in [-0.4, -0.2) is 18.3 Å². The van der Waals surface area contributed by atoms with E-state index in [-0.39, 0.29) is 12.3 Å². The summed E-state index contributed by atoms with van der Waals surface area (Å²) in [6, 6.07) is 10.9. The van der Waals surface area contributed by atoms with E-state index in [4.69, 9.17) is 4.74 Å². The van der Waals surface area contributed by atoms with Gasteiger partial charge >= 0.3 is 0 Å². The van der Waals surface area contributed by atoms with E-state index in [0.29, 0.717) is 28.7 Å². The summed E-state index contributed by atoms with van der Waals surface area (Å²) in [4.78, 5) is 12.6. The molecule has 1 amide bonds. The van der Waals surface area contributed by atoms with Crippen LogP contribution in [0.1, 0.15) is 13.3 Å². The summed E-state index contributed by atoms with van der Waals surface area (Å²) in [5.74, 6) is -0.832. The second-order valence-corrected chi connectivity index (χ2v) is 5.82. The highest BCUT2D eigenvalue weighted by atomic mass is 32.2. The molecular formula is C17H17F2NO2S. The molecule has 6 heteroatoms. The van der Waals surface area contributed by atoms with Gasteiger partial charge in [-0.05, 0) is 37.3 Å². The number of ether oxygens (including phenoxy) is 1. The van der Waals surface area contributed by atoms with Crippen molar-refractivity contribution in [2.24, 2.45) is 0 Å². The van der Waals surface area contributed by atoms with E-state index < -0.39 is 11.6 Å². The third kappa shape index (κ3) is 5.25. The molecule has 0 aliphatic rings. The molecular weight excluding hydrogens is 320 g/mol. The molecule has 0 aliphatic heterocycles. The van der Waals surface area contributed by atoms with Crippen molar-refractivity contribution >= 4 is 23.4 Å². The summed E-state index contributed by atoms with van der Waals surface area (Å²) in [5, 5.41) is 2.79. The van der Waals surface area contributed by atoms with Gasteiger partial charge in [0.05, 0.1) is 12.3 Å². The molecule has 0 radical (unpaired) electrons. The van der Waals surface area contributed by atoms with Crippen molar-refractivity contribution in [3.8, 4) is 5.75 Å². The maximum atomic E-state index is 13.1. The number of para-hydroxylation sites is 2. The number of nitrogens with one attached hydrogen (secondary N) is 1. The zero-order valence-electron chi connectivity index (χ0n) is 12.6. The molecule has 2 aromatic carbocycles. The first-order valence-electron chi connectivity index (χ1n) is 7.19. The quantitative estimate of drug-likeness (QED) is 0.757. The summed E-state index contributed by atoms with van der Waals surface area (Å²) >= 11 is 1.30. The molecule has 0 fully saturated rings. The van der Waals surface area contributed by atoms with Gasteiger partial charge in [-0.25, -0.2) is 8.78 Å². The van der Waals surface area contributed by atoms with Crippen LogP contribution in [-0.2, 0) is 4.79 Å². The highest BCUT2D eigenvalue weighted by Crippen LogP contribution is 2.25. The van der Waals surface area contributed by atoms with Crippen molar-refractivity contribution < 1.29 is 18.3 Å². The van der Waals surface area contributed by atoms with Gasteiger partial charge in [-0.15, -0.1) is 11.8 Å². The summed E-state index contributed by atoms with van der Waals surface area (Å²) in [6.07, 6.45) is 0.254. The fourth-order valence-electron chi connectivity index (χ4n) is 1.89. The molecule has 0 bridgehead atoms. The number of rotatable bonds is 7. The Labute approximate surface area is 138 Å². The van der Waals surface area contributed by atoms with Gasteiger partial charge in [-0.2, -0.15) is 0 Å². The number of thioether (sulfide) groups is 1. The maximum Gasteiger partial charge on any atom is 0.225 e. The van der Waals surface area contributed by atoms with E-state index in [0.717, 1.165) is 12.1 Å². The minimum atomic E-state index is -0.884. The first kappa shape index (κ1) is 17.3. The van der Waals surface area contributed by atoms with Gasteiger partial charge in [0.2, 0.25) is 5.91 Å². The van der Waals surface area contributed by atoms with Crippen LogP contribution in [0, 0.1) is 11.6 Å². The van der Waals surface area contributed by atoms with Crippen molar-refractivity contribution in [2.75, 3.05) is 17.7 Å². The number of hydrogen-bond acceptors (Lipinski definition) is 3. The van der Waals surface area contributed by atoms with E-state index in [2.05, 4.69) is 5.32 Å².